The number of nitrogens with zero attached hydrogens (tertiary/aromatic N) is 1. The maximum absolute atomic E-state index is 10.8. The first-order valence-electron chi connectivity index (χ1n) is 3.63. The molecule has 0 fully saturated rings. The van der Waals surface area contributed by atoms with Crippen molar-refractivity contribution in [3.63, 3.8) is 0 Å². The lowest BCUT2D eigenvalue weighted by Gasteiger charge is -1.88. The predicted octanol–water partition coefficient (Wildman–Crippen LogP) is 2.51. The average Bonchev–Trinajstić information content (AvgIpc) is 2.52. The fraction of sp³-hybridized carbons (Fsp3) is 0.125. The van der Waals surface area contributed by atoms with Gasteiger partial charge in [-0.3, -0.25) is 14.9 Å². The second-order valence-corrected chi connectivity index (χ2v) is 3.34. The number of furan rings is 1. The van der Waals surface area contributed by atoms with Gasteiger partial charge in [0.1, 0.15) is 10.7 Å². The highest BCUT2D eigenvalue weighted by Crippen LogP contribution is 2.19. The number of carbonyl (C=O) groups is 1. The van der Waals surface area contributed by atoms with Crippen LogP contribution in [0.5, 0.6) is 0 Å². The van der Waals surface area contributed by atoms with Gasteiger partial charge in [0.25, 0.3) is 0 Å². The summed E-state index contributed by atoms with van der Waals surface area (Å²) in [4.78, 5) is 20.4. The van der Waals surface area contributed by atoms with Gasteiger partial charge in [0.2, 0.25) is 0 Å². The number of hydrogen-bond donors (Lipinski definition) is 0. The van der Waals surface area contributed by atoms with E-state index in [9.17, 15) is 14.9 Å². The summed E-state index contributed by atoms with van der Waals surface area (Å²) in [7, 11) is 0. The van der Waals surface area contributed by atoms with Crippen LogP contribution in [0, 0.1) is 10.1 Å². The first-order chi connectivity index (χ1) is 6.50. The summed E-state index contributed by atoms with van der Waals surface area (Å²) in [5, 5.41) is 10.2. The minimum atomic E-state index is -0.640. The van der Waals surface area contributed by atoms with Crippen molar-refractivity contribution < 1.29 is 14.1 Å². The lowest BCUT2D eigenvalue weighted by molar-refractivity contribution is -0.402. The minimum Gasteiger partial charge on any atom is -0.401 e. The molecule has 0 N–H and O–H groups in total. The van der Waals surface area contributed by atoms with Gasteiger partial charge < -0.3 is 4.42 Å². The molecule has 0 unspecified atom stereocenters. The third kappa shape index (κ3) is 2.53. The third-order valence-corrected chi connectivity index (χ3v) is 2.19. The van der Waals surface area contributed by atoms with E-state index < -0.39 is 4.92 Å². The van der Waals surface area contributed by atoms with Gasteiger partial charge in [-0.15, -0.1) is 0 Å². The summed E-state index contributed by atoms with van der Waals surface area (Å²) < 4.78 is 5.12. The van der Waals surface area contributed by atoms with E-state index in [1.807, 2.05) is 0 Å². The molecule has 74 valence electrons. The number of rotatable bonds is 3. The third-order valence-electron chi connectivity index (χ3n) is 1.40. The smallest absolute Gasteiger partial charge is 0.401 e. The van der Waals surface area contributed by atoms with Crippen molar-refractivity contribution in [2.45, 2.75) is 6.92 Å². The van der Waals surface area contributed by atoms with Crippen molar-refractivity contribution in [1.29, 1.82) is 0 Å². The predicted molar refractivity (Wildman–Crippen MR) is 52.9 cm³/mol. The molecule has 0 aliphatic rings. The number of carbonyl (C=O) groups excluding carboxylic acids is 1. The van der Waals surface area contributed by atoms with E-state index in [0.717, 1.165) is 0 Å². The van der Waals surface area contributed by atoms with Crippen LogP contribution in [0.4, 0.5) is 5.88 Å². The first kappa shape index (κ1) is 10.6. The van der Waals surface area contributed by atoms with Crippen molar-refractivity contribution in [1.82, 2.24) is 0 Å². The zero-order chi connectivity index (χ0) is 10.7. The molecule has 0 saturated carbocycles. The Morgan fingerprint density at radius 2 is 2.29 bits per heavy atom. The van der Waals surface area contributed by atoms with Crippen LogP contribution in [0.3, 0.4) is 0 Å². The Kier molecular flexibility index (Phi) is 3.19. The molecule has 5 nitrogen and oxygen atoms in total. The maximum atomic E-state index is 10.8. The summed E-state index contributed by atoms with van der Waals surface area (Å²) in [6.45, 7) is 1.37. The number of allylic oxidation sites excluding steroid dienone is 1. The molecule has 1 aromatic rings. The normalized spacial score (nSPS) is 11.4. The summed E-state index contributed by atoms with van der Waals surface area (Å²) >= 11 is 3.01. The summed E-state index contributed by atoms with van der Waals surface area (Å²) in [5.74, 6) is -0.261. The van der Waals surface area contributed by atoms with Gasteiger partial charge in [-0.05, 0) is 35.0 Å². The van der Waals surface area contributed by atoms with Gasteiger partial charge in [0.05, 0.1) is 10.5 Å². The van der Waals surface area contributed by atoms with E-state index in [1.165, 1.54) is 25.1 Å². The average molecular weight is 260 g/mol. The highest BCUT2D eigenvalue weighted by molar-refractivity contribution is 9.12. The van der Waals surface area contributed by atoms with Crippen LogP contribution in [0.1, 0.15) is 12.7 Å². The van der Waals surface area contributed by atoms with Crippen molar-refractivity contribution in [2.24, 2.45) is 0 Å². The van der Waals surface area contributed by atoms with Crippen LogP contribution < -0.4 is 0 Å². The van der Waals surface area contributed by atoms with E-state index in [1.54, 1.807) is 0 Å². The summed E-state index contributed by atoms with van der Waals surface area (Å²) in [6.07, 6.45) is 1.38. The number of ketones is 1. The van der Waals surface area contributed by atoms with Crippen molar-refractivity contribution in [3.8, 4) is 0 Å². The first-order valence-corrected chi connectivity index (χ1v) is 4.42. The minimum absolute atomic E-state index is 0.177. The molecule has 0 saturated heterocycles. The SMILES string of the molecule is CC(=O)/C(Br)=C/c1ccc([N+](=O)[O-])o1. The van der Waals surface area contributed by atoms with Gasteiger partial charge in [0, 0.05) is 0 Å². The summed E-state index contributed by atoms with van der Waals surface area (Å²) in [6, 6.07) is 2.65. The molecule has 0 amide bonds. The molecular weight excluding hydrogens is 254 g/mol. The Bertz CT molecular complexity index is 407. The number of Topliss-reactive ketones (excluding diaryl/α,β-unsaturated/α-hetero) is 1. The zero-order valence-electron chi connectivity index (χ0n) is 7.19. The molecule has 1 heterocycles. The van der Waals surface area contributed by atoms with E-state index in [4.69, 9.17) is 4.42 Å². The molecule has 6 heteroatoms. The Balaban J connectivity index is 2.93. The van der Waals surface area contributed by atoms with E-state index in [-0.39, 0.29) is 17.4 Å². The Hall–Kier alpha value is -1.43. The molecule has 14 heavy (non-hydrogen) atoms. The fourth-order valence-corrected chi connectivity index (χ4v) is 0.970. The van der Waals surface area contributed by atoms with Gasteiger partial charge in [-0.2, -0.15) is 0 Å². The quantitative estimate of drug-likeness (QED) is 0.475. The molecule has 0 aliphatic heterocycles. The Labute approximate surface area is 87.7 Å². The molecule has 1 rings (SSSR count). The van der Waals surface area contributed by atoms with Crippen molar-refractivity contribution >= 4 is 33.7 Å². The van der Waals surface area contributed by atoms with Crippen molar-refractivity contribution in [3.05, 3.63) is 32.5 Å². The fourth-order valence-electron chi connectivity index (χ4n) is 0.744. The molecule has 0 bridgehead atoms. The molecule has 0 aliphatic carbocycles. The van der Waals surface area contributed by atoms with Gasteiger partial charge in [-0.25, -0.2) is 0 Å². The lowest BCUT2D eigenvalue weighted by Crippen LogP contribution is -1.86. The highest BCUT2D eigenvalue weighted by Gasteiger charge is 2.11. The number of hydrogen-bond acceptors (Lipinski definition) is 4. The van der Waals surface area contributed by atoms with E-state index in [2.05, 4.69) is 15.9 Å². The largest absolute Gasteiger partial charge is 0.433 e. The molecule has 0 spiro atoms. The molecular formula is C8H6BrNO4. The summed E-state index contributed by atoms with van der Waals surface area (Å²) in [5.41, 5.74) is 0. The molecule has 0 atom stereocenters. The highest BCUT2D eigenvalue weighted by atomic mass is 79.9. The van der Waals surface area contributed by atoms with Crippen molar-refractivity contribution in [2.75, 3.05) is 0 Å². The van der Waals surface area contributed by atoms with Crippen LogP contribution in [0.25, 0.3) is 6.08 Å². The standard InChI is InChI=1S/C8H6BrNO4/c1-5(11)7(9)4-6-2-3-8(14-6)10(12)13/h2-4H,1H3/b7-4-. The van der Waals surface area contributed by atoms with Crippen LogP contribution in [-0.4, -0.2) is 10.7 Å². The second kappa shape index (κ2) is 4.19. The van der Waals surface area contributed by atoms with Crippen LogP contribution in [0.2, 0.25) is 0 Å². The van der Waals surface area contributed by atoms with Gasteiger partial charge in [0.15, 0.2) is 5.78 Å². The topological polar surface area (TPSA) is 73.3 Å². The van der Waals surface area contributed by atoms with Crippen LogP contribution in [-0.2, 0) is 4.79 Å². The van der Waals surface area contributed by atoms with Crippen LogP contribution >= 0.6 is 15.9 Å². The Morgan fingerprint density at radius 1 is 1.64 bits per heavy atom. The van der Waals surface area contributed by atoms with E-state index in [0.29, 0.717) is 4.48 Å². The second-order valence-electron chi connectivity index (χ2n) is 2.48. The number of halogens is 1. The maximum Gasteiger partial charge on any atom is 0.433 e. The molecule has 1 aromatic heterocycles. The number of nitro groups is 1. The monoisotopic (exact) mass is 259 g/mol. The van der Waals surface area contributed by atoms with Gasteiger partial charge in [-0.1, -0.05) is 0 Å². The van der Waals surface area contributed by atoms with Gasteiger partial charge >= 0.3 is 5.88 Å². The Morgan fingerprint density at radius 3 is 2.71 bits per heavy atom. The lowest BCUT2D eigenvalue weighted by atomic mass is 10.3. The molecule has 0 aromatic carbocycles. The van der Waals surface area contributed by atoms with E-state index >= 15 is 0 Å². The molecule has 0 radical (unpaired) electrons. The zero-order valence-corrected chi connectivity index (χ0v) is 8.78. The van der Waals surface area contributed by atoms with Crippen LogP contribution in [0.15, 0.2) is 21.0 Å².